The highest BCUT2D eigenvalue weighted by Crippen LogP contribution is 2.18. The predicted octanol–water partition coefficient (Wildman–Crippen LogP) is 3.46. The molecule has 4 heteroatoms. The molecule has 90 valence electrons. The Bertz CT molecular complexity index is 482. The zero-order chi connectivity index (χ0) is 12.1. The number of nitrogens with one attached hydrogen (secondary N) is 1. The van der Waals surface area contributed by atoms with Crippen LogP contribution in [-0.4, -0.2) is 11.6 Å². The summed E-state index contributed by atoms with van der Waals surface area (Å²) in [5.74, 6) is 0.895. The van der Waals surface area contributed by atoms with Crippen molar-refractivity contribution >= 4 is 17.0 Å². The first-order valence-corrected chi connectivity index (χ1v) is 6.53. The van der Waals surface area contributed by atoms with E-state index in [1.54, 1.807) is 11.3 Å². The predicted molar refractivity (Wildman–Crippen MR) is 71.8 cm³/mol. The van der Waals surface area contributed by atoms with Crippen molar-refractivity contribution in [3.05, 3.63) is 40.3 Å². The number of nitrogens with zero attached hydrogens (tertiary/aromatic N) is 1. The first-order valence-electron chi connectivity index (χ1n) is 5.65. The second-order valence-electron chi connectivity index (χ2n) is 3.67. The van der Waals surface area contributed by atoms with Crippen LogP contribution in [0.1, 0.15) is 17.6 Å². The van der Waals surface area contributed by atoms with E-state index in [-0.39, 0.29) is 0 Å². The SMILES string of the molecule is CCOc1cccc(NCc2csc(C)n2)c1. The van der Waals surface area contributed by atoms with Gasteiger partial charge in [-0.2, -0.15) is 0 Å². The standard InChI is InChI=1S/C13H16N2OS/c1-3-16-13-6-4-5-11(7-13)14-8-12-9-17-10(2)15-12/h4-7,9,14H,3,8H2,1-2H3. The topological polar surface area (TPSA) is 34.1 Å². The van der Waals surface area contributed by atoms with Gasteiger partial charge in [0.1, 0.15) is 5.75 Å². The lowest BCUT2D eigenvalue weighted by Gasteiger charge is -2.07. The zero-order valence-corrected chi connectivity index (χ0v) is 10.9. The van der Waals surface area contributed by atoms with E-state index in [4.69, 9.17) is 4.74 Å². The Kier molecular flexibility index (Phi) is 3.98. The number of aromatic nitrogens is 1. The summed E-state index contributed by atoms with van der Waals surface area (Å²) in [6.45, 7) is 5.44. The van der Waals surface area contributed by atoms with Crippen molar-refractivity contribution < 1.29 is 4.74 Å². The molecule has 1 aromatic carbocycles. The molecule has 0 bridgehead atoms. The average molecular weight is 248 g/mol. The third-order valence-electron chi connectivity index (χ3n) is 2.29. The van der Waals surface area contributed by atoms with Crippen LogP contribution in [0.15, 0.2) is 29.6 Å². The van der Waals surface area contributed by atoms with Gasteiger partial charge in [0.25, 0.3) is 0 Å². The van der Waals surface area contributed by atoms with E-state index in [9.17, 15) is 0 Å². The van der Waals surface area contributed by atoms with Gasteiger partial charge in [0.15, 0.2) is 0 Å². The molecular formula is C13H16N2OS. The summed E-state index contributed by atoms with van der Waals surface area (Å²) in [6.07, 6.45) is 0. The smallest absolute Gasteiger partial charge is 0.121 e. The summed E-state index contributed by atoms with van der Waals surface area (Å²) in [5, 5.41) is 6.52. The minimum atomic E-state index is 0.689. The monoisotopic (exact) mass is 248 g/mol. The maximum Gasteiger partial charge on any atom is 0.121 e. The molecule has 0 fully saturated rings. The number of thiazole rings is 1. The van der Waals surface area contributed by atoms with Gasteiger partial charge in [-0.1, -0.05) is 6.07 Å². The second kappa shape index (κ2) is 5.68. The van der Waals surface area contributed by atoms with E-state index in [2.05, 4.69) is 15.7 Å². The van der Waals surface area contributed by atoms with Crippen molar-refractivity contribution in [2.24, 2.45) is 0 Å². The van der Waals surface area contributed by atoms with E-state index >= 15 is 0 Å². The molecule has 17 heavy (non-hydrogen) atoms. The maximum atomic E-state index is 5.45. The van der Waals surface area contributed by atoms with Crippen LogP contribution in [0.4, 0.5) is 5.69 Å². The van der Waals surface area contributed by atoms with Gasteiger partial charge >= 0.3 is 0 Å². The Balaban J connectivity index is 1.96. The van der Waals surface area contributed by atoms with Crippen molar-refractivity contribution in [1.29, 1.82) is 0 Å². The molecule has 2 rings (SSSR count). The molecule has 3 nitrogen and oxygen atoms in total. The molecule has 0 unspecified atom stereocenters. The van der Waals surface area contributed by atoms with Gasteiger partial charge in [0, 0.05) is 17.1 Å². The lowest BCUT2D eigenvalue weighted by molar-refractivity contribution is 0.340. The highest BCUT2D eigenvalue weighted by molar-refractivity contribution is 7.09. The van der Waals surface area contributed by atoms with Crippen molar-refractivity contribution in [1.82, 2.24) is 4.98 Å². The van der Waals surface area contributed by atoms with Crippen LogP contribution in [0.3, 0.4) is 0 Å². The molecule has 0 saturated carbocycles. The number of rotatable bonds is 5. The van der Waals surface area contributed by atoms with E-state index in [1.807, 2.05) is 38.1 Å². The second-order valence-corrected chi connectivity index (χ2v) is 4.73. The lowest BCUT2D eigenvalue weighted by atomic mass is 10.3. The number of hydrogen-bond donors (Lipinski definition) is 1. The Morgan fingerprint density at radius 2 is 2.29 bits per heavy atom. The van der Waals surface area contributed by atoms with Crippen LogP contribution in [0.2, 0.25) is 0 Å². The first-order chi connectivity index (χ1) is 8.28. The normalized spacial score (nSPS) is 10.2. The quantitative estimate of drug-likeness (QED) is 0.879. The Morgan fingerprint density at radius 3 is 3.00 bits per heavy atom. The van der Waals surface area contributed by atoms with Gasteiger partial charge in [0.2, 0.25) is 0 Å². The highest BCUT2D eigenvalue weighted by Gasteiger charge is 1.99. The zero-order valence-electron chi connectivity index (χ0n) is 10.1. The molecule has 0 aliphatic heterocycles. The van der Waals surface area contributed by atoms with E-state index in [1.165, 1.54) is 0 Å². The fourth-order valence-corrected chi connectivity index (χ4v) is 2.16. The number of anilines is 1. The molecule has 1 heterocycles. The van der Waals surface area contributed by atoms with Crippen LogP contribution in [-0.2, 0) is 6.54 Å². The first kappa shape index (κ1) is 11.9. The van der Waals surface area contributed by atoms with E-state index in [0.717, 1.165) is 28.7 Å². The van der Waals surface area contributed by atoms with Gasteiger partial charge in [-0.25, -0.2) is 4.98 Å². The fourth-order valence-electron chi connectivity index (χ4n) is 1.54. The van der Waals surface area contributed by atoms with Crippen molar-refractivity contribution in [2.75, 3.05) is 11.9 Å². The van der Waals surface area contributed by atoms with Gasteiger partial charge in [0.05, 0.1) is 23.9 Å². The van der Waals surface area contributed by atoms with Crippen LogP contribution in [0.5, 0.6) is 5.75 Å². The molecule has 0 atom stereocenters. The van der Waals surface area contributed by atoms with E-state index in [0.29, 0.717) is 6.61 Å². The Labute approximate surface area is 105 Å². The molecule has 1 N–H and O–H groups in total. The van der Waals surface area contributed by atoms with Crippen LogP contribution in [0, 0.1) is 6.92 Å². The van der Waals surface area contributed by atoms with Gasteiger partial charge in [-0.3, -0.25) is 0 Å². The largest absolute Gasteiger partial charge is 0.494 e. The summed E-state index contributed by atoms with van der Waals surface area (Å²) in [7, 11) is 0. The van der Waals surface area contributed by atoms with Gasteiger partial charge in [-0.15, -0.1) is 11.3 Å². The van der Waals surface area contributed by atoms with Crippen molar-refractivity contribution in [2.45, 2.75) is 20.4 Å². The summed E-state index contributed by atoms with van der Waals surface area (Å²) < 4.78 is 5.45. The molecule has 0 radical (unpaired) electrons. The lowest BCUT2D eigenvalue weighted by Crippen LogP contribution is -2.00. The molecule has 0 amide bonds. The van der Waals surface area contributed by atoms with Crippen LogP contribution in [0.25, 0.3) is 0 Å². The Morgan fingerprint density at radius 1 is 1.41 bits per heavy atom. The number of benzene rings is 1. The fraction of sp³-hybridized carbons (Fsp3) is 0.308. The van der Waals surface area contributed by atoms with Crippen molar-refractivity contribution in [3.8, 4) is 5.75 Å². The summed E-state index contributed by atoms with van der Waals surface area (Å²) in [6, 6.07) is 7.98. The number of hydrogen-bond acceptors (Lipinski definition) is 4. The third kappa shape index (κ3) is 3.46. The molecule has 2 aromatic rings. The summed E-state index contributed by atoms with van der Waals surface area (Å²) in [5.41, 5.74) is 2.14. The van der Waals surface area contributed by atoms with Crippen LogP contribution >= 0.6 is 11.3 Å². The molecule has 0 saturated heterocycles. The summed E-state index contributed by atoms with van der Waals surface area (Å²) >= 11 is 1.68. The highest BCUT2D eigenvalue weighted by atomic mass is 32.1. The van der Waals surface area contributed by atoms with E-state index < -0.39 is 0 Å². The van der Waals surface area contributed by atoms with Crippen molar-refractivity contribution in [3.63, 3.8) is 0 Å². The van der Waals surface area contributed by atoms with Crippen LogP contribution < -0.4 is 10.1 Å². The minimum Gasteiger partial charge on any atom is -0.494 e. The van der Waals surface area contributed by atoms with Gasteiger partial charge in [-0.05, 0) is 26.0 Å². The minimum absolute atomic E-state index is 0.689. The molecule has 0 spiro atoms. The Hall–Kier alpha value is -1.55. The maximum absolute atomic E-state index is 5.45. The van der Waals surface area contributed by atoms with Gasteiger partial charge < -0.3 is 10.1 Å². The molecule has 0 aliphatic carbocycles. The third-order valence-corrected chi connectivity index (χ3v) is 3.11. The molecule has 0 aliphatic rings. The molecule has 1 aromatic heterocycles. The average Bonchev–Trinajstić information content (AvgIpc) is 2.74. The summed E-state index contributed by atoms with van der Waals surface area (Å²) in [4.78, 5) is 4.41. The number of ether oxygens (including phenoxy) is 1. The number of aryl methyl sites for hydroxylation is 1. The molecular weight excluding hydrogens is 232 g/mol.